The molecule has 1 unspecified atom stereocenters. The standard InChI is InChI=1S/C22H23N5O2S/c1-13-10-11-17-18(12-13)24-22(23-17)30-15(3)20(28)25-19-14(2)26(4)27(21(19)29)16-8-6-5-7-9-16/h5-12,15H,1-4H3,(H,23,24)(H,25,28). The van der Waals surface area contributed by atoms with E-state index >= 15 is 0 Å². The summed E-state index contributed by atoms with van der Waals surface area (Å²) in [6.07, 6.45) is 0. The topological polar surface area (TPSA) is 84.7 Å². The van der Waals surface area contributed by atoms with Crippen LogP contribution in [-0.2, 0) is 11.8 Å². The van der Waals surface area contributed by atoms with Gasteiger partial charge in [-0.25, -0.2) is 9.67 Å². The second-order valence-electron chi connectivity index (χ2n) is 7.25. The fourth-order valence-corrected chi connectivity index (χ4v) is 4.13. The first-order valence-electron chi connectivity index (χ1n) is 9.63. The summed E-state index contributed by atoms with van der Waals surface area (Å²) < 4.78 is 3.29. The number of hydrogen-bond donors (Lipinski definition) is 2. The third kappa shape index (κ3) is 3.66. The molecule has 1 amide bonds. The summed E-state index contributed by atoms with van der Waals surface area (Å²) in [5.41, 5.74) is 4.41. The van der Waals surface area contributed by atoms with Gasteiger partial charge < -0.3 is 10.3 Å². The quantitative estimate of drug-likeness (QED) is 0.480. The minimum absolute atomic E-state index is 0.248. The van der Waals surface area contributed by atoms with Gasteiger partial charge in [0, 0.05) is 7.05 Å². The smallest absolute Gasteiger partial charge is 0.295 e. The average molecular weight is 422 g/mol. The van der Waals surface area contributed by atoms with Crippen LogP contribution < -0.4 is 10.9 Å². The first-order valence-corrected chi connectivity index (χ1v) is 10.5. The lowest BCUT2D eigenvalue weighted by molar-refractivity contribution is -0.115. The number of aryl methyl sites for hydroxylation is 1. The van der Waals surface area contributed by atoms with E-state index in [4.69, 9.17) is 0 Å². The molecule has 0 aliphatic carbocycles. The number of fused-ring (bicyclic) bond motifs is 1. The van der Waals surface area contributed by atoms with E-state index in [1.165, 1.54) is 11.8 Å². The molecular formula is C22H23N5O2S. The van der Waals surface area contributed by atoms with E-state index in [1.807, 2.05) is 62.4 Å². The van der Waals surface area contributed by atoms with Gasteiger partial charge in [0.05, 0.1) is 27.7 Å². The molecule has 0 saturated heterocycles. The minimum Gasteiger partial charge on any atom is -0.333 e. The van der Waals surface area contributed by atoms with Crippen molar-refractivity contribution < 1.29 is 4.79 Å². The van der Waals surface area contributed by atoms with Gasteiger partial charge in [0.1, 0.15) is 5.69 Å². The maximum absolute atomic E-state index is 13.0. The highest BCUT2D eigenvalue weighted by Gasteiger charge is 2.22. The fraction of sp³-hybridized carbons (Fsp3) is 0.227. The number of aromatic amines is 1. The van der Waals surface area contributed by atoms with Gasteiger partial charge in [-0.2, -0.15) is 0 Å². The molecule has 4 aromatic rings. The summed E-state index contributed by atoms with van der Waals surface area (Å²) in [6, 6.07) is 15.3. The molecule has 7 nitrogen and oxygen atoms in total. The molecule has 2 N–H and O–H groups in total. The molecule has 1 atom stereocenters. The zero-order valence-corrected chi connectivity index (χ0v) is 18.1. The molecule has 4 rings (SSSR count). The van der Waals surface area contributed by atoms with Crippen LogP contribution in [0, 0.1) is 13.8 Å². The van der Waals surface area contributed by atoms with Crippen LogP contribution in [0.25, 0.3) is 16.7 Å². The molecule has 2 aromatic heterocycles. The lowest BCUT2D eigenvalue weighted by Crippen LogP contribution is -2.27. The molecule has 30 heavy (non-hydrogen) atoms. The monoisotopic (exact) mass is 421 g/mol. The van der Waals surface area contributed by atoms with Crippen LogP contribution in [0.4, 0.5) is 5.69 Å². The van der Waals surface area contributed by atoms with E-state index in [9.17, 15) is 9.59 Å². The Morgan fingerprint density at radius 3 is 2.63 bits per heavy atom. The van der Waals surface area contributed by atoms with Gasteiger partial charge in [-0.3, -0.25) is 14.3 Å². The maximum Gasteiger partial charge on any atom is 0.295 e. The Balaban J connectivity index is 1.55. The first kappa shape index (κ1) is 20.0. The number of carbonyl (C=O) groups is 1. The van der Waals surface area contributed by atoms with E-state index < -0.39 is 5.25 Å². The Kier molecular flexibility index (Phi) is 5.26. The number of aromatic nitrogens is 4. The molecule has 0 spiro atoms. The molecule has 154 valence electrons. The van der Waals surface area contributed by atoms with E-state index in [0.717, 1.165) is 22.3 Å². The van der Waals surface area contributed by atoms with Gasteiger partial charge in [0.2, 0.25) is 5.91 Å². The number of nitrogens with one attached hydrogen (secondary N) is 2. The van der Waals surface area contributed by atoms with Crippen LogP contribution in [-0.4, -0.2) is 30.5 Å². The van der Waals surface area contributed by atoms with Gasteiger partial charge in [-0.15, -0.1) is 0 Å². The number of para-hydroxylation sites is 1. The van der Waals surface area contributed by atoms with Gasteiger partial charge in [0.15, 0.2) is 5.16 Å². The Hall–Kier alpha value is -3.26. The number of H-pyrrole nitrogens is 1. The van der Waals surface area contributed by atoms with E-state index in [-0.39, 0.29) is 11.5 Å². The number of anilines is 1. The zero-order valence-electron chi connectivity index (χ0n) is 17.3. The predicted octanol–water partition coefficient (Wildman–Crippen LogP) is 3.79. The van der Waals surface area contributed by atoms with Gasteiger partial charge >= 0.3 is 0 Å². The number of thioether (sulfide) groups is 1. The number of rotatable bonds is 5. The molecule has 0 radical (unpaired) electrons. The highest BCUT2D eigenvalue weighted by Crippen LogP contribution is 2.25. The van der Waals surface area contributed by atoms with E-state index in [0.29, 0.717) is 16.5 Å². The number of imidazole rings is 1. The van der Waals surface area contributed by atoms with E-state index in [1.54, 1.807) is 23.3 Å². The molecule has 0 saturated carbocycles. The Morgan fingerprint density at radius 1 is 1.17 bits per heavy atom. The Bertz CT molecular complexity index is 1290. The minimum atomic E-state index is -0.434. The van der Waals surface area contributed by atoms with Crippen molar-refractivity contribution >= 4 is 34.4 Å². The van der Waals surface area contributed by atoms with Gasteiger partial charge in [-0.1, -0.05) is 36.0 Å². The highest BCUT2D eigenvalue weighted by molar-refractivity contribution is 8.00. The van der Waals surface area contributed by atoms with Crippen LogP contribution in [0.5, 0.6) is 0 Å². The molecule has 0 bridgehead atoms. The van der Waals surface area contributed by atoms with Crippen molar-refractivity contribution in [2.24, 2.45) is 7.05 Å². The highest BCUT2D eigenvalue weighted by atomic mass is 32.2. The fourth-order valence-electron chi connectivity index (χ4n) is 3.31. The summed E-state index contributed by atoms with van der Waals surface area (Å²) >= 11 is 1.33. The number of hydrogen-bond acceptors (Lipinski definition) is 4. The van der Waals surface area contributed by atoms with Crippen LogP contribution >= 0.6 is 11.8 Å². The van der Waals surface area contributed by atoms with Crippen molar-refractivity contribution in [1.82, 2.24) is 19.3 Å². The Labute approximate surface area is 178 Å². The number of benzene rings is 2. The third-order valence-corrected chi connectivity index (χ3v) is 6.06. The number of nitrogens with zero attached hydrogens (tertiary/aromatic N) is 3. The molecule has 0 aliphatic heterocycles. The third-order valence-electron chi connectivity index (χ3n) is 5.08. The zero-order chi connectivity index (χ0) is 21.4. The van der Waals surface area contributed by atoms with Crippen LogP contribution in [0.1, 0.15) is 18.2 Å². The van der Waals surface area contributed by atoms with Gasteiger partial charge in [-0.05, 0) is 50.6 Å². The lowest BCUT2D eigenvalue weighted by Gasteiger charge is -2.09. The molecule has 8 heteroatoms. The van der Waals surface area contributed by atoms with Crippen molar-refractivity contribution in [3.8, 4) is 5.69 Å². The first-order chi connectivity index (χ1) is 14.3. The summed E-state index contributed by atoms with van der Waals surface area (Å²) in [7, 11) is 1.80. The summed E-state index contributed by atoms with van der Waals surface area (Å²) in [6.45, 7) is 5.63. The second-order valence-corrected chi connectivity index (χ2v) is 8.58. The molecule has 2 aromatic carbocycles. The van der Waals surface area contributed by atoms with Crippen molar-refractivity contribution in [3.63, 3.8) is 0 Å². The number of amides is 1. The van der Waals surface area contributed by atoms with Gasteiger partial charge in [0.25, 0.3) is 5.56 Å². The molecular weight excluding hydrogens is 398 g/mol. The lowest BCUT2D eigenvalue weighted by atomic mass is 10.2. The molecule has 0 aliphatic rings. The van der Waals surface area contributed by atoms with E-state index in [2.05, 4.69) is 15.3 Å². The second kappa shape index (κ2) is 7.87. The average Bonchev–Trinajstić information content (AvgIpc) is 3.21. The summed E-state index contributed by atoms with van der Waals surface area (Å²) in [5.74, 6) is -0.248. The summed E-state index contributed by atoms with van der Waals surface area (Å²) in [5, 5.41) is 3.05. The van der Waals surface area contributed by atoms with Crippen molar-refractivity contribution in [1.29, 1.82) is 0 Å². The molecule has 0 fully saturated rings. The largest absolute Gasteiger partial charge is 0.333 e. The summed E-state index contributed by atoms with van der Waals surface area (Å²) in [4.78, 5) is 33.6. The SMILES string of the molecule is Cc1ccc2nc(SC(C)C(=O)Nc3c(C)n(C)n(-c4ccccc4)c3=O)[nH]c2c1. The predicted molar refractivity (Wildman–Crippen MR) is 121 cm³/mol. The normalized spacial score (nSPS) is 12.3. The van der Waals surface area contributed by atoms with Crippen molar-refractivity contribution in [2.75, 3.05) is 5.32 Å². The maximum atomic E-state index is 13.0. The Morgan fingerprint density at radius 2 is 1.90 bits per heavy atom. The van der Waals surface area contributed by atoms with Crippen molar-refractivity contribution in [2.45, 2.75) is 31.2 Å². The van der Waals surface area contributed by atoms with Crippen LogP contribution in [0.2, 0.25) is 0 Å². The van der Waals surface area contributed by atoms with Crippen LogP contribution in [0.3, 0.4) is 0 Å². The number of carbonyl (C=O) groups excluding carboxylic acids is 1. The molecule has 2 heterocycles. The van der Waals surface area contributed by atoms with Crippen molar-refractivity contribution in [3.05, 3.63) is 70.1 Å². The van der Waals surface area contributed by atoms with Crippen LogP contribution in [0.15, 0.2) is 58.5 Å².